The van der Waals surface area contributed by atoms with Gasteiger partial charge in [0.05, 0.1) is 5.57 Å². The Balaban J connectivity index is 2.20. The minimum Gasteiger partial charge on any atom is -0.478 e. The van der Waals surface area contributed by atoms with E-state index in [9.17, 15) is 9.18 Å². The van der Waals surface area contributed by atoms with Crippen LogP contribution >= 0.6 is 11.9 Å². The lowest BCUT2D eigenvalue weighted by Gasteiger charge is -2.18. The molecular weight excluding hydrogens is 325 g/mol. The van der Waals surface area contributed by atoms with Crippen LogP contribution in [0, 0.1) is 12.7 Å². The molecule has 0 aliphatic carbocycles. The predicted octanol–water partition coefficient (Wildman–Crippen LogP) is 4.35. The first-order valence-corrected chi connectivity index (χ1v) is 8.43. The Labute approximate surface area is 144 Å². The molecule has 1 aliphatic rings. The largest absolute Gasteiger partial charge is 0.478 e. The number of nitrogens with two attached hydrogens (primary N) is 1. The Morgan fingerprint density at radius 3 is 2.50 bits per heavy atom. The molecule has 0 amide bonds. The van der Waals surface area contributed by atoms with Crippen molar-refractivity contribution in [1.29, 1.82) is 0 Å². The molecule has 124 valence electrons. The second-order valence-electron chi connectivity index (χ2n) is 6.25. The van der Waals surface area contributed by atoms with Crippen LogP contribution in [0.4, 0.5) is 4.39 Å². The first-order valence-electron chi connectivity index (χ1n) is 7.55. The molecular formula is C19H18FNO2S. The molecule has 3 nitrogen and oxygen atoms in total. The Hall–Kier alpha value is -2.11. The van der Waals surface area contributed by atoms with Crippen molar-refractivity contribution in [3.05, 3.63) is 65.0 Å². The third-order valence-electron chi connectivity index (χ3n) is 4.04. The molecule has 1 heterocycles. The summed E-state index contributed by atoms with van der Waals surface area (Å²) in [7, 11) is 0. The molecule has 2 N–H and O–H groups in total. The van der Waals surface area contributed by atoms with Crippen LogP contribution in [0.5, 0.6) is 0 Å². The average molecular weight is 343 g/mol. The van der Waals surface area contributed by atoms with Crippen molar-refractivity contribution in [2.24, 2.45) is 5.14 Å². The number of carbonyl (C=O) groups excluding carboxylic acids is 1. The number of hydrogen-bond acceptors (Lipinski definition) is 4. The monoisotopic (exact) mass is 343 g/mol. The molecule has 24 heavy (non-hydrogen) atoms. The number of hydrogen-bond donors (Lipinski definition) is 1. The third-order valence-corrected chi connectivity index (χ3v) is 4.75. The van der Waals surface area contributed by atoms with E-state index in [1.54, 1.807) is 26.0 Å². The van der Waals surface area contributed by atoms with E-state index in [0.717, 1.165) is 16.0 Å². The number of rotatable bonds is 3. The van der Waals surface area contributed by atoms with Crippen LogP contribution in [-0.4, -0.2) is 11.4 Å². The first-order chi connectivity index (χ1) is 11.3. The molecule has 0 aromatic heterocycles. The lowest BCUT2D eigenvalue weighted by molar-refractivity contribution is -0.125. The van der Waals surface area contributed by atoms with Crippen LogP contribution in [-0.2, 0) is 9.53 Å². The van der Waals surface area contributed by atoms with E-state index >= 15 is 0 Å². The van der Waals surface area contributed by atoms with E-state index in [2.05, 4.69) is 0 Å². The average Bonchev–Trinajstić information content (AvgIpc) is 2.77. The summed E-state index contributed by atoms with van der Waals surface area (Å²) in [4.78, 5) is 13.8. The van der Waals surface area contributed by atoms with Crippen molar-refractivity contribution in [1.82, 2.24) is 0 Å². The second kappa shape index (κ2) is 6.07. The fourth-order valence-electron chi connectivity index (χ4n) is 2.79. The zero-order valence-electron chi connectivity index (χ0n) is 13.7. The lowest BCUT2D eigenvalue weighted by atomic mass is 9.92. The van der Waals surface area contributed by atoms with Gasteiger partial charge < -0.3 is 4.74 Å². The van der Waals surface area contributed by atoms with Gasteiger partial charge in [-0.1, -0.05) is 18.2 Å². The molecule has 0 radical (unpaired) electrons. The summed E-state index contributed by atoms with van der Waals surface area (Å²) in [6.07, 6.45) is 0. The van der Waals surface area contributed by atoms with Crippen molar-refractivity contribution in [3.8, 4) is 0 Å². The number of Topliss-reactive ketones (excluding diaryl/α,β-unsaturated/α-hetero) is 1. The molecule has 2 aromatic carbocycles. The fourth-order valence-corrected chi connectivity index (χ4v) is 3.18. The van der Waals surface area contributed by atoms with Gasteiger partial charge in [-0.25, -0.2) is 4.39 Å². The lowest BCUT2D eigenvalue weighted by Crippen LogP contribution is -2.29. The van der Waals surface area contributed by atoms with Gasteiger partial charge in [0, 0.05) is 10.5 Å². The third kappa shape index (κ3) is 2.85. The van der Waals surface area contributed by atoms with Crippen LogP contribution in [0.25, 0.3) is 11.3 Å². The van der Waals surface area contributed by atoms with Crippen molar-refractivity contribution in [2.45, 2.75) is 31.3 Å². The molecule has 2 aromatic rings. The molecule has 0 bridgehead atoms. The minimum atomic E-state index is -0.980. The highest BCUT2D eigenvalue weighted by atomic mass is 32.2. The summed E-state index contributed by atoms with van der Waals surface area (Å²) in [6.45, 7) is 5.39. The highest BCUT2D eigenvalue weighted by Crippen LogP contribution is 2.41. The summed E-state index contributed by atoms with van der Waals surface area (Å²) >= 11 is 1.17. The van der Waals surface area contributed by atoms with Crippen LogP contribution in [0.3, 0.4) is 0 Å². The summed E-state index contributed by atoms with van der Waals surface area (Å²) in [5, 5.41) is 5.63. The maximum absolute atomic E-state index is 13.6. The van der Waals surface area contributed by atoms with Gasteiger partial charge in [-0.15, -0.1) is 0 Å². The zero-order chi connectivity index (χ0) is 17.5. The van der Waals surface area contributed by atoms with E-state index in [1.807, 2.05) is 25.1 Å². The Morgan fingerprint density at radius 1 is 1.12 bits per heavy atom. The van der Waals surface area contributed by atoms with E-state index in [4.69, 9.17) is 9.88 Å². The summed E-state index contributed by atoms with van der Waals surface area (Å²) in [5.74, 6) is -0.0618. The molecule has 0 atom stereocenters. The summed E-state index contributed by atoms with van der Waals surface area (Å²) in [5.41, 5.74) is 1.73. The zero-order valence-corrected chi connectivity index (χ0v) is 14.5. The number of halogens is 1. The maximum Gasteiger partial charge on any atom is 0.210 e. The van der Waals surface area contributed by atoms with Gasteiger partial charge in [0.2, 0.25) is 5.78 Å². The van der Waals surface area contributed by atoms with Crippen LogP contribution < -0.4 is 5.14 Å². The predicted molar refractivity (Wildman–Crippen MR) is 94.6 cm³/mol. The van der Waals surface area contributed by atoms with Gasteiger partial charge >= 0.3 is 0 Å². The van der Waals surface area contributed by atoms with Crippen LogP contribution in [0.2, 0.25) is 0 Å². The second-order valence-corrected chi connectivity index (χ2v) is 6.93. The van der Waals surface area contributed by atoms with E-state index in [1.165, 1.54) is 24.1 Å². The molecule has 5 heteroatoms. The number of benzene rings is 2. The Bertz CT molecular complexity index is 858. The summed E-state index contributed by atoms with van der Waals surface area (Å²) < 4.78 is 19.6. The standard InChI is InChI=1S/C19H18FNO2S/c1-11-9-13(7-8-15(11)24-21)17-16(18(22)19(2,3)23-17)12-5-4-6-14(20)10-12/h4-10H,21H2,1-3H3. The minimum absolute atomic E-state index is 0.155. The van der Waals surface area contributed by atoms with E-state index in [-0.39, 0.29) is 11.6 Å². The van der Waals surface area contributed by atoms with Crippen molar-refractivity contribution >= 4 is 29.1 Å². The topological polar surface area (TPSA) is 52.3 Å². The van der Waals surface area contributed by atoms with E-state index < -0.39 is 5.60 Å². The molecule has 1 aliphatic heterocycles. The van der Waals surface area contributed by atoms with Crippen molar-refractivity contribution in [3.63, 3.8) is 0 Å². The maximum atomic E-state index is 13.6. The molecule has 0 unspecified atom stereocenters. The van der Waals surface area contributed by atoms with Crippen molar-refractivity contribution in [2.75, 3.05) is 0 Å². The molecule has 0 fully saturated rings. The Morgan fingerprint density at radius 2 is 1.88 bits per heavy atom. The summed E-state index contributed by atoms with van der Waals surface area (Å²) in [6, 6.07) is 11.7. The molecule has 0 saturated carbocycles. The van der Waals surface area contributed by atoms with Gasteiger partial charge in [0.1, 0.15) is 11.6 Å². The normalized spacial score (nSPS) is 16.5. The fraction of sp³-hybridized carbons (Fsp3) is 0.211. The number of ether oxygens (including phenoxy) is 1. The van der Waals surface area contributed by atoms with Gasteiger partial charge in [-0.05, 0) is 68.1 Å². The Kier molecular flexibility index (Phi) is 4.24. The SMILES string of the molecule is Cc1cc(C2=C(c3cccc(F)c3)C(=O)C(C)(C)O2)ccc1SN. The number of ketones is 1. The highest BCUT2D eigenvalue weighted by Gasteiger charge is 2.42. The quantitative estimate of drug-likeness (QED) is 0.842. The first kappa shape index (κ1) is 16.7. The molecule has 0 spiro atoms. The van der Waals surface area contributed by atoms with Gasteiger partial charge in [-0.2, -0.15) is 0 Å². The van der Waals surface area contributed by atoms with Gasteiger partial charge in [-0.3, -0.25) is 9.93 Å². The van der Waals surface area contributed by atoms with Gasteiger partial charge in [0.15, 0.2) is 5.60 Å². The van der Waals surface area contributed by atoms with Crippen LogP contribution in [0.1, 0.15) is 30.5 Å². The smallest absolute Gasteiger partial charge is 0.210 e. The van der Waals surface area contributed by atoms with Crippen molar-refractivity contribution < 1.29 is 13.9 Å². The molecule has 3 rings (SSSR count). The van der Waals surface area contributed by atoms with Crippen LogP contribution in [0.15, 0.2) is 47.4 Å². The molecule has 0 saturated heterocycles. The number of aryl methyl sites for hydroxylation is 1. The van der Waals surface area contributed by atoms with Gasteiger partial charge in [0.25, 0.3) is 0 Å². The highest BCUT2D eigenvalue weighted by molar-refractivity contribution is 7.97. The van der Waals surface area contributed by atoms with E-state index in [0.29, 0.717) is 16.9 Å². The number of carbonyl (C=O) groups is 1.